The predicted molar refractivity (Wildman–Crippen MR) is 249 cm³/mol. The van der Waals surface area contributed by atoms with Gasteiger partial charge in [0.15, 0.2) is 0 Å². The summed E-state index contributed by atoms with van der Waals surface area (Å²) < 4.78 is 46.6. The van der Waals surface area contributed by atoms with Gasteiger partial charge in [-0.2, -0.15) is 0 Å². The van der Waals surface area contributed by atoms with E-state index in [1.54, 1.807) is 36.8 Å². The molecule has 0 spiro atoms. The lowest BCUT2D eigenvalue weighted by Gasteiger charge is -2.18. The molecule has 300 valence electrons. The molecule has 0 radical (unpaired) electrons. The molecule has 63 heavy (non-hydrogen) atoms. The summed E-state index contributed by atoms with van der Waals surface area (Å²) in [6.45, 7) is 0. The minimum atomic E-state index is -0.429. The third kappa shape index (κ3) is 8.18. The molecular weight excluding hydrogens is 784 g/mol. The zero-order chi connectivity index (χ0) is 42.7. The highest BCUT2D eigenvalue weighted by Crippen LogP contribution is 2.43. The van der Waals surface area contributed by atoms with Crippen molar-refractivity contribution in [1.82, 2.24) is 15.0 Å². The van der Waals surface area contributed by atoms with E-state index in [1.807, 2.05) is 146 Å². The molecule has 0 unspecified atom stereocenters. The smallest absolute Gasteiger partial charge is 0.123 e. The molecule has 0 bridgehead atoms. The summed E-state index contributed by atoms with van der Waals surface area (Å²) in [7, 11) is 0. The maximum Gasteiger partial charge on any atom is 0.123 e. The van der Waals surface area contributed by atoms with Gasteiger partial charge in [-0.05, 0) is 123 Å². The molecule has 0 amide bonds. The maximum absolute atomic E-state index is 15.5. The molecule has 0 saturated carbocycles. The van der Waals surface area contributed by atoms with Gasteiger partial charge in [0.25, 0.3) is 0 Å². The number of hydrogen-bond acceptors (Lipinski definition) is 3. The van der Waals surface area contributed by atoms with Crippen LogP contribution in [0.15, 0.2) is 219 Å². The Morgan fingerprint density at radius 2 is 0.508 bits per heavy atom. The van der Waals surface area contributed by atoms with Crippen molar-refractivity contribution in [3.05, 3.63) is 236 Å². The van der Waals surface area contributed by atoms with Gasteiger partial charge in [0.2, 0.25) is 0 Å². The van der Waals surface area contributed by atoms with Crippen LogP contribution in [0.25, 0.3) is 101 Å². The summed E-state index contributed by atoms with van der Waals surface area (Å²) in [4.78, 5) is 14.4. The molecule has 6 heteroatoms. The van der Waals surface area contributed by atoms with Crippen LogP contribution in [0.2, 0.25) is 0 Å². The van der Waals surface area contributed by atoms with Crippen molar-refractivity contribution in [2.24, 2.45) is 0 Å². The van der Waals surface area contributed by atoms with Gasteiger partial charge in [-0.1, -0.05) is 127 Å². The third-order valence-corrected chi connectivity index (χ3v) is 11.2. The molecule has 0 aliphatic heterocycles. The quantitative estimate of drug-likeness (QED) is 0.146. The number of rotatable bonds is 9. The third-order valence-electron chi connectivity index (χ3n) is 11.2. The summed E-state index contributed by atoms with van der Waals surface area (Å²) in [5, 5.41) is 0. The van der Waals surface area contributed by atoms with E-state index in [9.17, 15) is 0 Å². The van der Waals surface area contributed by atoms with E-state index in [1.165, 1.54) is 36.4 Å². The van der Waals surface area contributed by atoms with E-state index < -0.39 is 17.5 Å². The highest BCUT2D eigenvalue weighted by Gasteiger charge is 2.19. The predicted octanol–water partition coefficient (Wildman–Crippen LogP) is 15.3. The van der Waals surface area contributed by atoms with E-state index in [0.29, 0.717) is 33.4 Å². The SMILES string of the molecule is Fc1ccc(-c2ccc(-c3ccccc3)nc2)c(-c2cc(-c3cc(F)ccc3-c3ccc(-c4ccccc4)nc3)cc(-c3cc(F)ccc3-c3ccc(-c4ccccc4)nc3)c2)c1. The number of hydrogen-bond donors (Lipinski definition) is 0. The molecule has 3 aromatic heterocycles. The largest absolute Gasteiger partial charge is 0.256 e. The van der Waals surface area contributed by atoms with Crippen molar-refractivity contribution < 1.29 is 13.2 Å². The molecule has 3 heterocycles. The second kappa shape index (κ2) is 17.0. The van der Waals surface area contributed by atoms with Crippen LogP contribution in [-0.2, 0) is 0 Å². The van der Waals surface area contributed by atoms with Crippen LogP contribution in [0, 0.1) is 17.5 Å². The fraction of sp³-hybridized carbons (Fsp3) is 0. The Bertz CT molecular complexity index is 2850. The molecule has 0 atom stereocenters. The van der Waals surface area contributed by atoms with Crippen LogP contribution in [-0.4, -0.2) is 15.0 Å². The maximum atomic E-state index is 15.5. The average Bonchev–Trinajstić information content (AvgIpc) is 3.35. The molecule has 0 aliphatic rings. The Kier molecular flexibility index (Phi) is 10.5. The summed E-state index contributed by atoms with van der Waals surface area (Å²) in [5.74, 6) is -1.29. The fourth-order valence-corrected chi connectivity index (χ4v) is 8.11. The first-order chi connectivity index (χ1) is 30.9. The van der Waals surface area contributed by atoms with Crippen molar-refractivity contribution in [2.45, 2.75) is 0 Å². The zero-order valence-electron chi connectivity index (χ0n) is 33.8. The minimum absolute atomic E-state index is 0.429. The highest BCUT2D eigenvalue weighted by atomic mass is 19.1. The molecule has 0 aliphatic carbocycles. The van der Waals surface area contributed by atoms with Crippen molar-refractivity contribution in [1.29, 1.82) is 0 Å². The lowest BCUT2D eigenvalue weighted by atomic mass is 9.86. The number of nitrogens with zero attached hydrogens (tertiary/aromatic N) is 3. The van der Waals surface area contributed by atoms with E-state index in [0.717, 1.165) is 67.2 Å². The second-order valence-corrected chi connectivity index (χ2v) is 15.3. The standard InChI is InChI=1S/C57H36F3N3/c58-46-19-22-49(40-16-25-55(61-34-40)37-10-4-1-5-11-37)52(31-46)43-28-44(53-32-47(59)20-23-50(53)41-17-26-56(62-35-41)38-12-6-2-7-13-38)30-45(29-43)54-33-48(60)21-24-51(54)42-18-27-57(63-36-42)39-14-8-3-9-15-39/h1-36H. The lowest BCUT2D eigenvalue weighted by Crippen LogP contribution is -1.95. The van der Waals surface area contributed by atoms with Crippen molar-refractivity contribution in [3.8, 4) is 101 Å². The molecule has 0 saturated heterocycles. The average molecular weight is 820 g/mol. The molecule has 3 nitrogen and oxygen atoms in total. The van der Waals surface area contributed by atoms with Gasteiger partial charge in [0.05, 0.1) is 17.1 Å². The van der Waals surface area contributed by atoms with Crippen LogP contribution < -0.4 is 0 Å². The van der Waals surface area contributed by atoms with Crippen molar-refractivity contribution >= 4 is 0 Å². The van der Waals surface area contributed by atoms with E-state index in [-0.39, 0.29) is 0 Å². The molecular formula is C57H36F3N3. The fourth-order valence-electron chi connectivity index (χ4n) is 8.11. The number of pyridine rings is 3. The zero-order valence-corrected chi connectivity index (χ0v) is 33.8. The van der Waals surface area contributed by atoms with Crippen LogP contribution in [0.1, 0.15) is 0 Å². The van der Waals surface area contributed by atoms with Gasteiger partial charge in [-0.15, -0.1) is 0 Å². The van der Waals surface area contributed by atoms with Crippen LogP contribution in [0.3, 0.4) is 0 Å². The Balaban J connectivity index is 1.16. The normalized spacial score (nSPS) is 11.1. The van der Waals surface area contributed by atoms with Gasteiger partial charge < -0.3 is 0 Å². The van der Waals surface area contributed by atoms with Gasteiger partial charge in [0.1, 0.15) is 17.5 Å². The number of halogens is 3. The summed E-state index contributed by atoms with van der Waals surface area (Å²) in [6, 6.07) is 61.3. The molecule has 10 aromatic rings. The van der Waals surface area contributed by atoms with E-state index in [2.05, 4.69) is 0 Å². The van der Waals surface area contributed by atoms with Crippen LogP contribution >= 0.6 is 0 Å². The van der Waals surface area contributed by atoms with Crippen LogP contribution in [0.5, 0.6) is 0 Å². The first kappa shape index (κ1) is 38.9. The van der Waals surface area contributed by atoms with Gasteiger partial charge in [-0.25, -0.2) is 13.2 Å². The van der Waals surface area contributed by atoms with Gasteiger partial charge in [-0.3, -0.25) is 15.0 Å². The Hall–Kier alpha value is -8.22. The van der Waals surface area contributed by atoms with Crippen molar-refractivity contribution in [3.63, 3.8) is 0 Å². The second-order valence-electron chi connectivity index (χ2n) is 15.3. The Morgan fingerprint density at radius 1 is 0.222 bits per heavy atom. The Labute approximate surface area is 363 Å². The molecule has 7 aromatic carbocycles. The topological polar surface area (TPSA) is 38.7 Å². The minimum Gasteiger partial charge on any atom is -0.256 e. The summed E-state index contributed by atoms with van der Waals surface area (Å²) in [6.07, 6.45) is 5.37. The monoisotopic (exact) mass is 819 g/mol. The Morgan fingerprint density at radius 3 is 0.762 bits per heavy atom. The highest BCUT2D eigenvalue weighted by molar-refractivity contribution is 5.94. The molecule has 0 N–H and O–H groups in total. The molecule has 10 rings (SSSR count). The van der Waals surface area contributed by atoms with Crippen LogP contribution in [0.4, 0.5) is 13.2 Å². The summed E-state index contributed by atoms with van der Waals surface area (Å²) in [5.41, 5.74) is 13.6. The summed E-state index contributed by atoms with van der Waals surface area (Å²) >= 11 is 0. The van der Waals surface area contributed by atoms with Gasteiger partial charge in [0, 0.05) is 52.0 Å². The first-order valence-corrected chi connectivity index (χ1v) is 20.5. The van der Waals surface area contributed by atoms with Crippen molar-refractivity contribution in [2.75, 3.05) is 0 Å². The lowest BCUT2D eigenvalue weighted by molar-refractivity contribution is 0.628. The number of benzene rings is 7. The number of aromatic nitrogens is 3. The van der Waals surface area contributed by atoms with E-state index in [4.69, 9.17) is 15.0 Å². The van der Waals surface area contributed by atoms with Gasteiger partial charge >= 0.3 is 0 Å². The van der Waals surface area contributed by atoms with E-state index >= 15 is 13.2 Å². The first-order valence-electron chi connectivity index (χ1n) is 20.5. The molecule has 0 fully saturated rings.